The Kier molecular flexibility index (Phi) is 3.33. The lowest BCUT2D eigenvalue weighted by atomic mass is 9.97. The third-order valence-corrected chi connectivity index (χ3v) is 3.43. The van der Waals surface area contributed by atoms with E-state index in [1.165, 1.54) is 18.7 Å². The Morgan fingerprint density at radius 3 is 2.56 bits per heavy atom. The van der Waals surface area contributed by atoms with Gasteiger partial charge in [-0.15, -0.1) is 0 Å². The number of nitrogens with zero attached hydrogens (tertiary/aromatic N) is 2. The summed E-state index contributed by atoms with van der Waals surface area (Å²) in [4.78, 5) is 6.19. The molecule has 0 bridgehead atoms. The topological polar surface area (TPSA) is 16.1 Å². The highest BCUT2D eigenvalue weighted by Gasteiger charge is 2.27. The lowest BCUT2D eigenvalue weighted by molar-refractivity contribution is 0.404. The van der Waals surface area contributed by atoms with Gasteiger partial charge in [0.2, 0.25) is 0 Å². The highest BCUT2D eigenvalue weighted by molar-refractivity contribution is 6.30. The predicted molar refractivity (Wildman–Crippen MR) is 64.5 cm³/mol. The van der Waals surface area contributed by atoms with Gasteiger partial charge in [-0.3, -0.25) is 0 Å². The van der Waals surface area contributed by atoms with Crippen molar-refractivity contribution in [2.75, 3.05) is 4.90 Å². The van der Waals surface area contributed by atoms with E-state index in [2.05, 4.69) is 23.7 Å². The molecule has 1 aliphatic heterocycles. The maximum atomic E-state index is 13.8. The maximum absolute atomic E-state index is 13.8. The van der Waals surface area contributed by atoms with E-state index in [0.29, 0.717) is 22.9 Å². The van der Waals surface area contributed by atoms with Crippen molar-refractivity contribution in [3.05, 3.63) is 23.1 Å². The van der Waals surface area contributed by atoms with Crippen molar-refractivity contribution < 1.29 is 4.39 Å². The van der Waals surface area contributed by atoms with Gasteiger partial charge >= 0.3 is 0 Å². The van der Waals surface area contributed by atoms with Crippen LogP contribution in [-0.4, -0.2) is 17.1 Å². The molecular weight excluding hydrogens is 227 g/mol. The van der Waals surface area contributed by atoms with Crippen LogP contribution in [0.4, 0.5) is 10.2 Å². The van der Waals surface area contributed by atoms with Gasteiger partial charge in [0.05, 0.1) is 5.02 Å². The van der Waals surface area contributed by atoms with Crippen LogP contribution in [0, 0.1) is 5.82 Å². The number of anilines is 1. The van der Waals surface area contributed by atoms with E-state index in [1.807, 2.05) is 0 Å². The minimum absolute atomic E-state index is 0.326. The third-order valence-electron chi connectivity index (χ3n) is 3.23. The molecule has 2 heterocycles. The molecular formula is C12H16ClFN2. The first-order valence-electron chi connectivity index (χ1n) is 5.69. The monoisotopic (exact) mass is 242 g/mol. The number of hydrogen-bond donors (Lipinski definition) is 0. The smallest absolute Gasteiger partial charge is 0.167 e. The molecule has 0 radical (unpaired) electrons. The van der Waals surface area contributed by atoms with Crippen LogP contribution in [-0.2, 0) is 0 Å². The summed E-state index contributed by atoms with van der Waals surface area (Å²) in [6.45, 7) is 4.23. The number of pyridine rings is 1. The fourth-order valence-electron chi connectivity index (χ4n) is 2.44. The second-order valence-corrected chi connectivity index (χ2v) is 4.93. The molecule has 0 aromatic carbocycles. The Morgan fingerprint density at radius 1 is 1.38 bits per heavy atom. The van der Waals surface area contributed by atoms with Crippen LogP contribution >= 0.6 is 11.6 Å². The molecule has 88 valence electrons. The summed E-state index contributed by atoms with van der Waals surface area (Å²) in [6, 6.07) is 2.01. The quantitative estimate of drug-likeness (QED) is 0.748. The Labute approximate surface area is 100 Å². The molecule has 1 aromatic rings. The second-order valence-electron chi connectivity index (χ2n) is 4.50. The van der Waals surface area contributed by atoms with Gasteiger partial charge in [0.1, 0.15) is 0 Å². The fourth-order valence-corrected chi connectivity index (χ4v) is 2.58. The van der Waals surface area contributed by atoms with Crippen LogP contribution in [0.5, 0.6) is 0 Å². The van der Waals surface area contributed by atoms with Crippen molar-refractivity contribution in [3.63, 3.8) is 0 Å². The van der Waals surface area contributed by atoms with Crippen LogP contribution in [0.15, 0.2) is 12.3 Å². The molecule has 0 unspecified atom stereocenters. The van der Waals surface area contributed by atoms with Gasteiger partial charge in [-0.25, -0.2) is 9.37 Å². The van der Waals surface area contributed by atoms with Crippen LogP contribution in [0.3, 0.4) is 0 Å². The zero-order chi connectivity index (χ0) is 11.7. The van der Waals surface area contributed by atoms with Gasteiger partial charge in [0.25, 0.3) is 0 Å². The molecule has 0 saturated carbocycles. The van der Waals surface area contributed by atoms with E-state index in [9.17, 15) is 4.39 Å². The van der Waals surface area contributed by atoms with E-state index in [-0.39, 0.29) is 5.82 Å². The highest BCUT2D eigenvalue weighted by atomic mass is 35.5. The molecule has 0 spiro atoms. The number of hydrogen-bond acceptors (Lipinski definition) is 2. The van der Waals surface area contributed by atoms with Crippen molar-refractivity contribution in [1.82, 2.24) is 4.98 Å². The van der Waals surface area contributed by atoms with Crippen LogP contribution in [0.2, 0.25) is 5.02 Å². The minimum Gasteiger partial charge on any atom is -0.349 e. The SMILES string of the molecule is C[C@@H]1CCC[C@H](C)N1c1ncc(Cl)cc1F. The van der Waals surface area contributed by atoms with Crippen molar-refractivity contribution in [1.29, 1.82) is 0 Å². The molecule has 2 atom stereocenters. The number of halogens is 2. The summed E-state index contributed by atoms with van der Waals surface area (Å²) in [5.41, 5.74) is 0. The molecule has 2 rings (SSSR count). The Hall–Kier alpha value is -0.830. The maximum Gasteiger partial charge on any atom is 0.167 e. The zero-order valence-electron chi connectivity index (χ0n) is 9.58. The molecule has 0 N–H and O–H groups in total. The summed E-state index contributed by atoms with van der Waals surface area (Å²) in [7, 11) is 0. The molecule has 2 nitrogen and oxygen atoms in total. The van der Waals surface area contributed by atoms with Crippen LogP contribution < -0.4 is 4.90 Å². The summed E-state index contributed by atoms with van der Waals surface area (Å²) >= 11 is 5.71. The standard InChI is InChI=1S/C12H16ClFN2/c1-8-4-3-5-9(2)16(8)12-11(14)6-10(13)7-15-12/h6-9H,3-5H2,1-2H3/t8-,9+. The van der Waals surface area contributed by atoms with Gasteiger partial charge in [0, 0.05) is 18.3 Å². The average Bonchev–Trinajstić information content (AvgIpc) is 2.20. The third kappa shape index (κ3) is 2.14. The lowest BCUT2D eigenvalue weighted by Gasteiger charge is -2.40. The Morgan fingerprint density at radius 2 is 2.00 bits per heavy atom. The average molecular weight is 243 g/mol. The molecule has 1 aromatic heterocycles. The second kappa shape index (κ2) is 4.58. The molecule has 1 aliphatic rings. The highest BCUT2D eigenvalue weighted by Crippen LogP contribution is 2.30. The van der Waals surface area contributed by atoms with Crippen molar-refractivity contribution in [3.8, 4) is 0 Å². The van der Waals surface area contributed by atoms with Crippen LogP contribution in [0.1, 0.15) is 33.1 Å². The molecule has 1 saturated heterocycles. The Bertz CT molecular complexity index is 373. The fraction of sp³-hybridized carbons (Fsp3) is 0.583. The summed E-state index contributed by atoms with van der Waals surface area (Å²) in [5, 5.41) is 0.346. The van der Waals surface area contributed by atoms with E-state index < -0.39 is 0 Å². The minimum atomic E-state index is -0.326. The number of piperidine rings is 1. The number of rotatable bonds is 1. The Balaban J connectivity index is 2.34. The van der Waals surface area contributed by atoms with E-state index >= 15 is 0 Å². The predicted octanol–water partition coefficient (Wildman–Crippen LogP) is 3.64. The molecule has 16 heavy (non-hydrogen) atoms. The van der Waals surface area contributed by atoms with Gasteiger partial charge in [-0.05, 0) is 39.2 Å². The van der Waals surface area contributed by atoms with E-state index in [1.54, 1.807) is 0 Å². The largest absolute Gasteiger partial charge is 0.349 e. The first-order chi connectivity index (χ1) is 7.59. The first-order valence-corrected chi connectivity index (χ1v) is 6.06. The van der Waals surface area contributed by atoms with Crippen molar-refractivity contribution >= 4 is 17.4 Å². The zero-order valence-corrected chi connectivity index (χ0v) is 10.3. The molecule has 0 aliphatic carbocycles. The van der Waals surface area contributed by atoms with Crippen LogP contribution in [0.25, 0.3) is 0 Å². The summed E-state index contributed by atoms with van der Waals surface area (Å²) in [5.74, 6) is 0.109. The molecule has 0 amide bonds. The number of aromatic nitrogens is 1. The van der Waals surface area contributed by atoms with Gasteiger partial charge in [0.15, 0.2) is 11.6 Å². The molecule has 4 heteroatoms. The normalized spacial score (nSPS) is 25.9. The summed E-state index contributed by atoms with van der Waals surface area (Å²) in [6.07, 6.45) is 4.89. The van der Waals surface area contributed by atoms with Gasteiger partial charge < -0.3 is 4.90 Å². The lowest BCUT2D eigenvalue weighted by Crippen LogP contribution is -2.44. The molecule has 1 fully saturated rings. The first kappa shape index (κ1) is 11.6. The van der Waals surface area contributed by atoms with E-state index in [4.69, 9.17) is 11.6 Å². The van der Waals surface area contributed by atoms with Gasteiger partial charge in [-0.2, -0.15) is 0 Å². The van der Waals surface area contributed by atoms with Crippen molar-refractivity contribution in [2.45, 2.75) is 45.2 Å². The summed E-state index contributed by atoms with van der Waals surface area (Å²) < 4.78 is 13.8. The van der Waals surface area contributed by atoms with Crippen molar-refractivity contribution in [2.24, 2.45) is 0 Å². The van der Waals surface area contributed by atoms with Gasteiger partial charge in [-0.1, -0.05) is 11.6 Å². The van der Waals surface area contributed by atoms with E-state index in [0.717, 1.165) is 12.8 Å².